The minimum absolute atomic E-state index is 0.0354. The Labute approximate surface area is 125 Å². The third kappa shape index (κ3) is 4.56. The van der Waals surface area contributed by atoms with Crippen molar-refractivity contribution in [3.8, 4) is 0 Å². The van der Waals surface area contributed by atoms with Crippen LogP contribution in [0, 0.1) is 23.2 Å². The zero-order valence-corrected chi connectivity index (χ0v) is 12.8. The van der Waals surface area contributed by atoms with E-state index in [9.17, 15) is 9.59 Å². The molecule has 0 aromatic carbocycles. The van der Waals surface area contributed by atoms with E-state index in [1.54, 1.807) is 0 Å². The largest absolute Gasteiger partial charge is 0.481 e. The fraction of sp³-hybridized carbons (Fsp3) is 0.750. The Kier molecular flexibility index (Phi) is 6.40. The summed E-state index contributed by atoms with van der Waals surface area (Å²) in [6.45, 7) is 3.78. The van der Waals surface area contributed by atoms with E-state index in [2.05, 4.69) is 12.2 Å². The molecule has 2 bridgehead atoms. The van der Waals surface area contributed by atoms with E-state index < -0.39 is 17.4 Å². The van der Waals surface area contributed by atoms with Crippen LogP contribution in [-0.2, 0) is 9.59 Å². The van der Waals surface area contributed by atoms with Gasteiger partial charge in [0.2, 0.25) is 0 Å². The first-order valence-electron chi connectivity index (χ1n) is 7.61. The molecule has 0 radical (unpaired) electrons. The van der Waals surface area contributed by atoms with Crippen molar-refractivity contribution < 1.29 is 24.9 Å². The summed E-state index contributed by atoms with van der Waals surface area (Å²) in [6, 6.07) is 0. The Morgan fingerprint density at radius 3 is 1.95 bits per heavy atom. The summed E-state index contributed by atoms with van der Waals surface area (Å²) in [4.78, 5) is 20.9. The molecule has 1 saturated carbocycles. The summed E-state index contributed by atoms with van der Waals surface area (Å²) in [5.74, 6) is -0.594. The molecule has 2 aliphatic rings. The van der Waals surface area contributed by atoms with E-state index in [4.69, 9.17) is 15.3 Å². The number of hydrogen-bond donors (Lipinski definition) is 3. The van der Waals surface area contributed by atoms with Gasteiger partial charge < -0.3 is 15.3 Å². The molecule has 3 N–H and O–H groups in total. The summed E-state index contributed by atoms with van der Waals surface area (Å²) in [6.07, 6.45) is 7.67. The van der Waals surface area contributed by atoms with Crippen molar-refractivity contribution >= 4 is 11.9 Å². The molecule has 5 heteroatoms. The Bertz CT molecular complexity index is 389. The molecule has 0 amide bonds. The molecule has 1 fully saturated rings. The molecule has 5 nitrogen and oxygen atoms in total. The molecule has 0 aliphatic heterocycles. The lowest BCUT2D eigenvalue weighted by atomic mass is 9.80. The van der Waals surface area contributed by atoms with Crippen molar-refractivity contribution in [2.24, 2.45) is 23.2 Å². The van der Waals surface area contributed by atoms with Crippen LogP contribution in [0.3, 0.4) is 0 Å². The number of aliphatic hydroxyl groups excluding tert-OH is 1. The highest BCUT2D eigenvalue weighted by atomic mass is 16.4. The molecule has 2 aliphatic carbocycles. The van der Waals surface area contributed by atoms with E-state index in [1.165, 1.54) is 0 Å². The minimum Gasteiger partial charge on any atom is -0.481 e. The van der Waals surface area contributed by atoms with Gasteiger partial charge in [-0.1, -0.05) is 26.0 Å². The lowest BCUT2D eigenvalue weighted by molar-refractivity contribution is -0.143. The topological polar surface area (TPSA) is 94.8 Å². The first kappa shape index (κ1) is 17.7. The number of aliphatic carboxylic acids is 2. The van der Waals surface area contributed by atoms with Crippen molar-refractivity contribution in [3.05, 3.63) is 12.2 Å². The lowest BCUT2D eigenvalue weighted by Crippen LogP contribution is -2.27. The van der Waals surface area contributed by atoms with Crippen molar-refractivity contribution in [2.45, 2.75) is 46.0 Å². The van der Waals surface area contributed by atoms with Gasteiger partial charge in [-0.3, -0.25) is 9.59 Å². The maximum atomic E-state index is 10.6. The van der Waals surface area contributed by atoms with Gasteiger partial charge >= 0.3 is 11.9 Å². The SMILES string of the molecule is CCC(CC)(CO)CC(=O)O.O=C(O)C1CC2C=CC1C2. The number of carbonyl (C=O) groups is 2. The Balaban J connectivity index is 0.000000210. The monoisotopic (exact) mass is 298 g/mol. The van der Waals surface area contributed by atoms with E-state index in [0.717, 1.165) is 12.8 Å². The highest BCUT2D eigenvalue weighted by Gasteiger charge is 2.39. The van der Waals surface area contributed by atoms with Gasteiger partial charge in [0.25, 0.3) is 0 Å². The third-order valence-electron chi connectivity index (χ3n) is 4.96. The number of carboxylic acid groups (broad SMARTS) is 2. The molecular weight excluding hydrogens is 272 g/mol. The summed E-state index contributed by atoms with van der Waals surface area (Å²) in [5.41, 5.74) is -0.397. The second kappa shape index (κ2) is 7.59. The molecule has 21 heavy (non-hydrogen) atoms. The van der Waals surface area contributed by atoms with E-state index in [-0.39, 0.29) is 18.9 Å². The molecule has 120 valence electrons. The van der Waals surface area contributed by atoms with Crippen molar-refractivity contribution in [3.63, 3.8) is 0 Å². The second-order valence-corrected chi connectivity index (χ2v) is 6.16. The van der Waals surface area contributed by atoms with Crippen LogP contribution in [0.4, 0.5) is 0 Å². The molecular formula is C16H26O5. The van der Waals surface area contributed by atoms with Crippen molar-refractivity contribution in [1.29, 1.82) is 0 Å². The number of hydrogen-bond acceptors (Lipinski definition) is 3. The van der Waals surface area contributed by atoms with Gasteiger partial charge in [0.05, 0.1) is 12.3 Å². The molecule has 0 saturated heterocycles. The van der Waals surface area contributed by atoms with Gasteiger partial charge in [-0.15, -0.1) is 0 Å². The quantitative estimate of drug-likeness (QED) is 0.655. The van der Waals surface area contributed by atoms with Crippen LogP contribution in [0.2, 0.25) is 0 Å². The maximum absolute atomic E-state index is 10.6. The summed E-state index contributed by atoms with van der Waals surface area (Å²) in [7, 11) is 0. The number of fused-ring (bicyclic) bond motifs is 2. The number of rotatable bonds is 6. The second-order valence-electron chi connectivity index (χ2n) is 6.16. The summed E-state index contributed by atoms with van der Waals surface area (Å²) < 4.78 is 0. The van der Waals surface area contributed by atoms with Crippen LogP contribution in [0.15, 0.2) is 12.2 Å². The van der Waals surface area contributed by atoms with Crippen LogP contribution in [0.1, 0.15) is 46.0 Å². The van der Waals surface area contributed by atoms with Crippen molar-refractivity contribution in [2.75, 3.05) is 6.61 Å². The first-order chi connectivity index (χ1) is 9.87. The molecule has 0 aromatic rings. The fourth-order valence-corrected chi connectivity index (χ4v) is 3.16. The zero-order chi connectivity index (χ0) is 16.0. The normalized spacial score (nSPS) is 26.3. The average molecular weight is 298 g/mol. The molecule has 3 unspecified atom stereocenters. The summed E-state index contributed by atoms with van der Waals surface area (Å²) >= 11 is 0. The fourth-order valence-electron chi connectivity index (χ4n) is 3.16. The molecule has 0 spiro atoms. The van der Waals surface area contributed by atoms with E-state index >= 15 is 0 Å². The van der Waals surface area contributed by atoms with Crippen LogP contribution in [-0.4, -0.2) is 33.9 Å². The van der Waals surface area contributed by atoms with Crippen LogP contribution < -0.4 is 0 Å². The summed E-state index contributed by atoms with van der Waals surface area (Å²) in [5, 5.41) is 26.2. The molecule has 3 atom stereocenters. The predicted octanol–water partition coefficient (Wildman–Crippen LogP) is 2.54. The van der Waals surface area contributed by atoms with Gasteiger partial charge in [-0.05, 0) is 37.5 Å². The van der Waals surface area contributed by atoms with E-state index in [1.807, 2.05) is 13.8 Å². The van der Waals surface area contributed by atoms with Gasteiger partial charge in [0.1, 0.15) is 0 Å². The molecule has 0 aromatic heterocycles. The Morgan fingerprint density at radius 1 is 1.14 bits per heavy atom. The highest BCUT2D eigenvalue weighted by molar-refractivity contribution is 5.71. The Morgan fingerprint density at radius 2 is 1.76 bits per heavy atom. The van der Waals surface area contributed by atoms with Gasteiger partial charge in [-0.25, -0.2) is 0 Å². The van der Waals surface area contributed by atoms with Gasteiger partial charge in [0, 0.05) is 12.0 Å². The zero-order valence-electron chi connectivity index (χ0n) is 12.8. The highest BCUT2D eigenvalue weighted by Crippen LogP contribution is 2.43. The Hall–Kier alpha value is -1.36. The lowest BCUT2D eigenvalue weighted by Gasteiger charge is -2.26. The predicted molar refractivity (Wildman–Crippen MR) is 78.8 cm³/mol. The standard InChI is InChI=1S/C8H16O3.C8H10O2/c1-3-8(4-2,6-9)5-7(10)11;9-8(10)7-4-5-1-2-6(7)3-5/h9H,3-6H2,1-2H3,(H,10,11);1-2,5-7H,3-4H2,(H,9,10). The van der Waals surface area contributed by atoms with Crippen LogP contribution in [0.5, 0.6) is 0 Å². The average Bonchev–Trinajstić information content (AvgIpc) is 3.08. The first-order valence-corrected chi connectivity index (χ1v) is 7.61. The smallest absolute Gasteiger partial charge is 0.307 e. The molecule has 2 rings (SSSR count). The third-order valence-corrected chi connectivity index (χ3v) is 4.96. The maximum Gasteiger partial charge on any atom is 0.307 e. The molecule has 0 heterocycles. The van der Waals surface area contributed by atoms with Crippen LogP contribution in [0.25, 0.3) is 0 Å². The van der Waals surface area contributed by atoms with Gasteiger partial charge in [0.15, 0.2) is 0 Å². The van der Waals surface area contributed by atoms with Gasteiger partial charge in [-0.2, -0.15) is 0 Å². The van der Waals surface area contributed by atoms with E-state index in [0.29, 0.717) is 24.7 Å². The number of aliphatic hydroxyl groups is 1. The van der Waals surface area contributed by atoms with Crippen LogP contribution >= 0.6 is 0 Å². The van der Waals surface area contributed by atoms with Crippen molar-refractivity contribution in [1.82, 2.24) is 0 Å². The number of allylic oxidation sites excluding steroid dienone is 2. The minimum atomic E-state index is -0.831. The number of carboxylic acids is 2.